The minimum Gasteiger partial charge on any atom is -0.508 e. The molecule has 0 saturated carbocycles. The molecule has 2 N–H and O–H groups in total. The molecular weight excluding hydrogens is 256 g/mol. The van der Waals surface area contributed by atoms with Crippen molar-refractivity contribution in [2.75, 3.05) is 7.05 Å². The zero-order chi connectivity index (χ0) is 13.8. The highest BCUT2D eigenvalue weighted by atomic mass is 32.1. The molecular formula is C15H20N2OS. The Labute approximate surface area is 118 Å². The molecule has 2 aromatic rings. The number of phenols is 1. The molecule has 0 aliphatic rings. The predicted molar refractivity (Wildman–Crippen MR) is 80.5 cm³/mol. The van der Waals surface area contributed by atoms with Gasteiger partial charge < -0.3 is 10.4 Å². The van der Waals surface area contributed by atoms with Crippen molar-refractivity contribution in [1.29, 1.82) is 0 Å². The standard InChI is InChI=1S/C15H20N2OS/c1-10(2)8-13-14(9-16-3)19-15(17-13)11-4-6-12(18)7-5-11/h4-7,10,16,18H,8-9H2,1-3H3. The van der Waals surface area contributed by atoms with Crippen molar-refractivity contribution in [3.8, 4) is 16.3 Å². The van der Waals surface area contributed by atoms with Crippen LogP contribution in [0.4, 0.5) is 0 Å². The summed E-state index contributed by atoms with van der Waals surface area (Å²) in [6, 6.07) is 7.24. The summed E-state index contributed by atoms with van der Waals surface area (Å²) in [6.07, 6.45) is 1.01. The van der Waals surface area contributed by atoms with Gasteiger partial charge in [0.1, 0.15) is 10.8 Å². The van der Waals surface area contributed by atoms with Crippen LogP contribution >= 0.6 is 11.3 Å². The Morgan fingerprint density at radius 2 is 1.95 bits per heavy atom. The molecule has 0 bridgehead atoms. The van der Waals surface area contributed by atoms with Gasteiger partial charge in [-0.1, -0.05) is 13.8 Å². The maximum absolute atomic E-state index is 9.34. The molecule has 1 heterocycles. The van der Waals surface area contributed by atoms with Crippen LogP contribution in [0.25, 0.3) is 10.6 Å². The van der Waals surface area contributed by atoms with Gasteiger partial charge in [0, 0.05) is 17.0 Å². The van der Waals surface area contributed by atoms with E-state index in [0.29, 0.717) is 5.92 Å². The minimum absolute atomic E-state index is 0.290. The number of phenolic OH excluding ortho intramolecular Hbond substituents is 1. The highest BCUT2D eigenvalue weighted by molar-refractivity contribution is 7.15. The lowest BCUT2D eigenvalue weighted by molar-refractivity contribution is 0.475. The van der Waals surface area contributed by atoms with Crippen LogP contribution in [0.15, 0.2) is 24.3 Å². The molecule has 0 aliphatic carbocycles. The maximum atomic E-state index is 9.34. The Hall–Kier alpha value is -1.39. The fraction of sp³-hybridized carbons (Fsp3) is 0.400. The second-order valence-corrected chi connectivity index (χ2v) is 6.15. The number of thiazole rings is 1. The Kier molecular flexibility index (Phi) is 4.56. The van der Waals surface area contributed by atoms with Gasteiger partial charge in [0.25, 0.3) is 0 Å². The van der Waals surface area contributed by atoms with Gasteiger partial charge in [-0.3, -0.25) is 0 Å². The molecule has 19 heavy (non-hydrogen) atoms. The van der Waals surface area contributed by atoms with E-state index in [1.54, 1.807) is 23.5 Å². The normalized spacial score (nSPS) is 11.2. The third-order valence-electron chi connectivity index (χ3n) is 2.83. The zero-order valence-electron chi connectivity index (χ0n) is 11.6. The summed E-state index contributed by atoms with van der Waals surface area (Å²) >= 11 is 1.73. The third-order valence-corrected chi connectivity index (χ3v) is 3.98. The van der Waals surface area contributed by atoms with Gasteiger partial charge in [0.05, 0.1) is 5.69 Å². The van der Waals surface area contributed by atoms with Crippen molar-refractivity contribution >= 4 is 11.3 Å². The summed E-state index contributed by atoms with van der Waals surface area (Å²) < 4.78 is 0. The Morgan fingerprint density at radius 3 is 2.53 bits per heavy atom. The summed E-state index contributed by atoms with van der Waals surface area (Å²) in [7, 11) is 1.96. The maximum Gasteiger partial charge on any atom is 0.123 e. The van der Waals surface area contributed by atoms with Gasteiger partial charge in [0.2, 0.25) is 0 Å². The number of aromatic hydroxyl groups is 1. The van der Waals surface area contributed by atoms with Crippen LogP contribution in [0, 0.1) is 5.92 Å². The number of rotatable bonds is 5. The summed E-state index contributed by atoms with van der Waals surface area (Å²) in [4.78, 5) is 6.07. The van der Waals surface area contributed by atoms with E-state index >= 15 is 0 Å². The van der Waals surface area contributed by atoms with Crippen molar-refractivity contribution in [2.24, 2.45) is 5.92 Å². The van der Waals surface area contributed by atoms with E-state index in [1.807, 2.05) is 19.2 Å². The van der Waals surface area contributed by atoms with Crippen LogP contribution in [0.3, 0.4) is 0 Å². The quantitative estimate of drug-likeness (QED) is 0.879. The van der Waals surface area contributed by atoms with Crippen LogP contribution in [-0.4, -0.2) is 17.1 Å². The molecule has 102 valence electrons. The first-order valence-corrected chi connectivity index (χ1v) is 7.34. The Balaban J connectivity index is 2.33. The van der Waals surface area contributed by atoms with Gasteiger partial charge in [-0.2, -0.15) is 0 Å². The molecule has 0 radical (unpaired) electrons. The molecule has 1 aromatic heterocycles. The predicted octanol–water partition coefficient (Wildman–Crippen LogP) is 3.43. The molecule has 3 nitrogen and oxygen atoms in total. The monoisotopic (exact) mass is 276 g/mol. The lowest BCUT2D eigenvalue weighted by atomic mass is 10.1. The molecule has 2 rings (SSSR count). The molecule has 0 saturated heterocycles. The molecule has 0 aliphatic heterocycles. The Morgan fingerprint density at radius 1 is 1.26 bits per heavy atom. The average Bonchev–Trinajstić information content (AvgIpc) is 2.73. The van der Waals surface area contributed by atoms with Crippen LogP contribution in [0.1, 0.15) is 24.4 Å². The second-order valence-electron chi connectivity index (χ2n) is 5.06. The van der Waals surface area contributed by atoms with Crippen molar-refractivity contribution in [3.05, 3.63) is 34.8 Å². The van der Waals surface area contributed by atoms with E-state index in [9.17, 15) is 5.11 Å². The molecule has 0 atom stereocenters. The topological polar surface area (TPSA) is 45.1 Å². The first kappa shape index (κ1) is 14.0. The number of hydrogen-bond acceptors (Lipinski definition) is 4. The van der Waals surface area contributed by atoms with E-state index in [4.69, 9.17) is 4.98 Å². The van der Waals surface area contributed by atoms with E-state index < -0.39 is 0 Å². The third kappa shape index (κ3) is 3.55. The van der Waals surface area contributed by atoms with Crippen LogP contribution in [0.5, 0.6) is 5.75 Å². The van der Waals surface area contributed by atoms with Gasteiger partial charge in [-0.15, -0.1) is 11.3 Å². The van der Waals surface area contributed by atoms with Gasteiger partial charge in [-0.25, -0.2) is 4.98 Å². The summed E-state index contributed by atoms with van der Waals surface area (Å²) in [5, 5.41) is 13.6. The number of aromatic nitrogens is 1. The second kappa shape index (κ2) is 6.17. The van der Waals surface area contributed by atoms with Crippen molar-refractivity contribution in [2.45, 2.75) is 26.8 Å². The number of hydrogen-bond donors (Lipinski definition) is 2. The molecule has 0 spiro atoms. The highest BCUT2D eigenvalue weighted by Crippen LogP contribution is 2.30. The average molecular weight is 276 g/mol. The fourth-order valence-corrected chi connectivity index (χ4v) is 3.06. The lowest BCUT2D eigenvalue weighted by Crippen LogP contribution is -2.07. The summed E-state index contributed by atoms with van der Waals surface area (Å²) in [5.41, 5.74) is 2.26. The number of nitrogens with one attached hydrogen (secondary N) is 1. The summed E-state index contributed by atoms with van der Waals surface area (Å²) in [5.74, 6) is 0.892. The SMILES string of the molecule is CNCc1sc(-c2ccc(O)cc2)nc1CC(C)C. The van der Waals surface area contributed by atoms with Gasteiger partial charge >= 0.3 is 0 Å². The summed E-state index contributed by atoms with van der Waals surface area (Å²) in [6.45, 7) is 5.28. The van der Waals surface area contributed by atoms with Crippen LogP contribution in [-0.2, 0) is 13.0 Å². The number of benzene rings is 1. The first-order valence-electron chi connectivity index (χ1n) is 6.52. The van der Waals surface area contributed by atoms with Crippen LogP contribution < -0.4 is 5.32 Å². The molecule has 0 unspecified atom stereocenters. The van der Waals surface area contributed by atoms with Crippen molar-refractivity contribution in [3.63, 3.8) is 0 Å². The first-order chi connectivity index (χ1) is 9.10. The van der Waals surface area contributed by atoms with Gasteiger partial charge in [0.15, 0.2) is 0 Å². The van der Waals surface area contributed by atoms with E-state index in [-0.39, 0.29) is 5.75 Å². The smallest absolute Gasteiger partial charge is 0.123 e. The van der Waals surface area contributed by atoms with E-state index in [2.05, 4.69) is 19.2 Å². The van der Waals surface area contributed by atoms with Crippen LogP contribution in [0.2, 0.25) is 0 Å². The van der Waals surface area contributed by atoms with Gasteiger partial charge in [-0.05, 0) is 43.7 Å². The molecule has 4 heteroatoms. The molecule has 0 amide bonds. The molecule has 0 fully saturated rings. The minimum atomic E-state index is 0.290. The van der Waals surface area contributed by atoms with E-state index in [1.165, 1.54) is 10.6 Å². The number of nitrogens with zero attached hydrogens (tertiary/aromatic N) is 1. The lowest BCUT2D eigenvalue weighted by Gasteiger charge is -2.03. The molecule has 1 aromatic carbocycles. The van der Waals surface area contributed by atoms with E-state index in [0.717, 1.165) is 23.5 Å². The zero-order valence-corrected chi connectivity index (χ0v) is 12.4. The largest absolute Gasteiger partial charge is 0.508 e. The van der Waals surface area contributed by atoms with Crippen molar-refractivity contribution < 1.29 is 5.11 Å². The highest BCUT2D eigenvalue weighted by Gasteiger charge is 2.13. The van der Waals surface area contributed by atoms with Crippen molar-refractivity contribution in [1.82, 2.24) is 10.3 Å². The Bertz CT molecular complexity index is 532. The fourth-order valence-electron chi connectivity index (χ4n) is 1.96.